The smallest absolute Gasteiger partial charge is 0.133 e. The van der Waals surface area contributed by atoms with Gasteiger partial charge in [0.2, 0.25) is 0 Å². The van der Waals surface area contributed by atoms with Crippen LogP contribution >= 0.6 is 0 Å². The van der Waals surface area contributed by atoms with Gasteiger partial charge in [-0.3, -0.25) is 0 Å². The van der Waals surface area contributed by atoms with Gasteiger partial charge in [-0.25, -0.2) is 9.97 Å². The molecule has 1 saturated carbocycles. The van der Waals surface area contributed by atoms with Gasteiger partial charge in [0, 0.05) is 23.7 Å². The van der Waals surface area contributed by atoms with E-state index < -0.39 is 0 Å². The van der Waals surface area contributed by atoms with E-state index in [0.29, 0.717) is 12.0 Å². The summed E-state index contributed by atoms with van der Waals surface area (Å²) in [5, 5.41) is 3.63. The Kier molecular flexibility index (Phi) is 4.78. The Bertz CT molecular complexity index is 414. The van der Waals surface area contributed by atoms with Crippen molar-refractivity contribution < 1.29 is 0 Å². The lowest BCUT2D eigenvalue weighted by atomic mass is 10.0. The zero-order valence-corrected chi connectivity index (χ0v) is 12.7. The van der Waals surface area contributed by atoms with Crippen LogP contribution in [0.4, 0.5) is 5.82 Å². The minimum Gasteiger partial charge on any atom is -0.367 e. The van der Waals surface area contributed by atoms with Crippen LogP contribution in [0.5, 0.6) is 0 Å². The highest BCUT2D eigenvalue weighted by Gasteiger charge is 2.17. The zero-order chi connectivity index (χ0) is 13.8. The molecule has 1 heterocycles. The lowest BCUT2D eigenvalue weighted by Gasteiger charge is -2.18. The highest BCUT2D eigenvalue weighted by molar-refractivity contribution is 5.37. The first kappa shape index (κ1) is 14.3. The number of hydrogen-bond acceptors (Lipinski definition) is 3. The second-order valence-corrected chi connectivity index (χ2v) is 6.36. The molecule has 106 valence electrons. The summed E-state index contributed by atoms with van der Waals surface area (Å²) in [7, 11) is 0. The van der Waals surface area contributed by atoms with Crippen LogP contribution in [0.1, 0.15) is 70.3 Å². The van der Waals surface area contributed by atoms with Gasteiger partial charge >= 0.3 is 0 Å². The molecule has 0 spiro atoms. The second-order valence-electron chi connectivity index (χ2n) is 6.36. The van der Waals surface area contributed by atoms with Gasteiger partial charge in [-0.05, 0) is 32.1 Å². The van der Waals surface area contributed by atoms with Gasteiger partial charge in [0.05, 0.1) is 0 Å². The highest BCUT2D eigenvalue weighted by Crippen LogP contribution is 2.25. The molecule has 2 atom stereocenters. The molecule has 2 unspecified atom stereocenters. The van der Waals surface area contributed by atoms with Crippen LogP contribution in [0.3, 0.4) is 0 Å². The molecule has 3 nitrogen and oxygen atoms in total. The average Bonchev–Trinajstić information content (AvgIpc) is 2.54. The van der Waals surface area contributed by atoms with Gasteiger partial charge in [0.25, 0.3) is 0 Å². The summed E-state index contributed by atoms with van der Waals surface area (Å²) >= 11 is 0. The van der Waals surface area contributed by atoms with Crippen molar-refractivity contribution in [3.63, 3.8) is 0 Å². The first-order chi connectivity index (χ1) is 9.04. The maximum atomic E-state index is 4.65. The molecule has 0 aromatic carbocycles. The van der Waals surface area contributed by atoms with Crippen molar-refractivity contribution in [2.24, 2.45) is 5.92 Å². The third-order valence-corrected chi connectivity index (χ3v) is 4.00. The largest absolute Gasteiger partial charge is 0.367 e. The van der Waals surface area contributed by atoms with Crippen LogP contribution in [-0.4, -0.2) is 16.0 Å². The van der Waals surface area contributed by atoms with E-state index >= 15 is 0 Å². The summed E-state index contributed by atoms with van der Waals surface area (Å²) in [5.74, 6) is 3.22. The van der Waals surface area contributed by atoms with Gasteiger partial charge < -0.3 is 5.32 Å². The first-order valence-electron chi connectivity index (χ1n) is 7.66. The highest BCUT2D eigenvalue weighted by atomic mass is 15.1. The van der Waals surface area contributed by atoms with E-state index in [1.807, 2.05) is 6.92 Å². The first-order valence-corrected chi connectivity index (χ1v) is 7.66. The van der Waals surface area contributed by atoms with Crippen molar-refractivity contribution in [2.75, 3.05) is 5.32 Å². The van der Waals surface area contributed by atoms with Crippen LogP contribution in [0.2, 0.25) is 0 Å². The minimum atomic E-state index is 0.384. The van der Waals surface area contributed by atoms with Gasteiger partial charge in [-0.15, -0.1) is 0 Å². The Morgan fingerprint density at radius 3 is 2.68 bits per heavy atom. The number of nitrogens with zero attached hydrogens (tertiary/aromatic N) is 2. The average molecular weight is 261 g/mol. The molecule has 1 aromatic rings. The SMILES string of the molecule is Cc1cc(NC2CCCC(C)CC2)nc(C(C)C)n1. The zero-order valence-electron chi connectivity index (χ0n) is 12.7. The Hall–Kier alpha value is -1.12. The molecule has 1 fully saturated rings. The molecule has 1 aliphatic rings. The third kappa shape index (κ3) is 4.19. The Labute approximate surface area is 117 Å². The summed E-state index contributed by atoms with van der Waals surface area (Å²) in [6.45, 7) is 8.71. The van der Waals surface area contributed by atoms with E-state index in [-0.39, 0.29) is 0 Å². The number of aryl methyl sites for hydroxylation is 1. The predicted octanol–water partition coefficient (Wildman–Crippen LogP) is 4.29. The molecular weight excluding hydrogens is 234 g/mol. The Morgan fingerprint density at radius 1 is 1.16 bits per heavy atom. The molecule has 1 N–H and O–H groups in total. The Balaban J connectivity index is 2.05. The van der Waals surface area contributed by atoms with E-state index in [2.05, 4.69) is 42.1 Å². The van der Waals surface area contributed by atoms with Gasteiger partial charge in [0.15, 0.2) is 0 Å². The summed E-state index contributed by atoms with van der Waals surface area (Å²) in [6, 6.07) is 2.65. The molecule has 0 bridgehead atoms. The molecule has 3 heteroatoms. The van der Waals surface area contributed by atoms with Crippen LogP contribution in [-0.2, 0) is 0 Å². The number of anilines is 1. The standard InChI is InChI=1S/C16H27N3/c1-11(2)16-17-13(4)10-15(19-16)18-14-7-5-6-12(3)8-9-14/h10-12,14H,5-9H2,1-4H3,(H,17,18,19). The molecular formula is C16H27N3. The monoisotopic (exact) mass is 261 g/mol. The van der Waals surface area contributed by atoms with E-state index in [0.717, 1.165) is 23.3 Å². The van der Waals surface area contributed by atoms with Crippen LogP contribution in [0.25, 0.3) is 0 Å². The lowest BCUT2D eigenvalue weighted by molar-refractivity contribution is 0.501. The molecule has 1 aliphatic carbocycles. The molecule has 19 heavy (non-hydrogen) atoms. The number of nitrogens with one attached hydrogen (secondary N) is 1. The predicted molar refractivity (Wildman–Crippen MR) is 80.5 cm³/mol. The fourth-order valence-corrected chi connectivity index (χ4v) is 2.76. The fourth-order valence-electron chi connectivity index (χ4n) is 2.76. The summed E-state index contributed by atoms with van der Waals surface area (Å²) in [4.78, 5) is 9.16. The van der Waals surface area contributed by atoms with E-state index in [1.54, 1.807) is 0 Å². The number of aromatic nitrogens is 2. The van der Waals surface area contributed by atoms with Gasteiger partial charge in [0.1, 0.15) is 11.6 Å². The van der Waals surface area contributed by atoms with Crippen LogP contribution in [0.15, 0.2) is 6.07 Å². The summed E-state index contributed by atoms with van der Waals surface area (Å²) < 4.78 is 0. The van der Waals surface area contributed by atoms with Crippen molar-refractivity contribution in [3.8, 4) is 0 Å². The molecule has 0 radical (unpaired) electrons. The molecule has 0 amide bonds. The van der Waals surface area contributed by atoms with E-state index in [1.165, 1.54) is 32.1 Å². The maximum absolute atomic E-state index is 4.65. The molecule has 0 saturated heterocycles. The molecule has 2 rings (SSSR count). The fraction of sp³-hybridized carbons (Fsp3) is 0.750. The van der Waals surface area contributed by atoms with Crippen molar-refractivity contribution >= 4 is 5.82 Å². The van der Waals surface area contributed by atoms with Crippen molar-refractivity contribution in [1.29, 1.82) is 0 Å². The van der Waals surface area contributed by atoms with Crippen molar-refractivity contribution in [1.82, 2.24) is 9.97 Å². The lowest BCUT2D eigenvalue weighted by Crippen LogP contribution is -2.20. The minimum absolute atomic E-state index is 0.384. The normalized spacial score (nSPS) is 24.3. The molecule has 1 aromatic heterocycles. The topological polar surface area (TPSA) is 37.8 Å². The second kappa shape index (κ2) is 6.36. The van der Waals surface area contributed by atoms with Gasteiger partial charge in [-0.1, -0.05) is 33.6 Å². The van der Waals surface area contributed by atoms with E-state index in [4.69, 9.17) is 0 Å². The van der Waals surface area contributed by atoms with Crippen molar-refractivity contribution in [2.45, 2.75) is 71.8 Å². The number of hydrogen-bond donors (Lipinski definition) is 1. The molecule has 0 aliphatic heterocycles. The summed E-state index contributed by atoms with van der Waals surface area (Å²) in [6.07, 6.45) is 6.57. The van der Waals surface area contributed by atoms with Crippen LogP contribution < -0.4 is 5.32 Å². The van der Waals surface area contributed by atoms with E-state index in [9.17, 15) is 0 Å². The summed E-state index contributed by atoms with van der Waals surface area (Å²) in [5.41, 5.74) is 1.06. The third-order valence-electron chi connectivity index (χ3n) is 4.00. The van der Waals surface area contributed by atoms with Gasteiger partial charge in [-0.2, -0.15) is 0 Å². The van der Waals surface area contributed by atoms with Crippen LogP contribution in [0, 0.1) is 12.8 Å². The maximum Gasteiger partial charge on any atom is 0.133 e. The Morgan fingerprint density at radius 2 is 1.95 bits per heavy atom. The quantitative estimate of drug-likeness (QED) is 0.825. The van der Waals surface area contributed by atoms with Crippen molar-refractivity contribution in [3.05, 3.63) is 17.6 Å². The number of rotatable bonds is 3.